The van der Waals surface area contributed by atoms with Crippen LogP contribution in [0.1, 0.15) is 96.3 Å². The predicted molar refractivity (Wildman–Crippen MR) is 103 cm³/mol. The fourth-order valence-corrected chi connectivity index (χ4v) is 17.6. The van der Waals surface area contributed by atoms with Crippen LogP contribution in [0.3, 0.4) is 0 Å². The second kappa shape index (κ2) is 8.68. The molecule has 27 heavy (non-hydrogen) atoms. The van der Waals surface area contributed by atoms with Crippen molar-refractivity contribution in [1.29, 1.82) is 0 Å². The van der Waals surface area contributed by atoms with Crippen LogP contribution in [-0.2, 0) is 18.4 Å². The van der Waals surface area contributed by atoms with Gasteiger partial charge in [0.05, 0.1) is 0 Å². The molecule has 0 spiro atoms. The van der Waals surface area contributed by atoms with E-state index < -0.39 is 13.3 Å². The summed E-state index contributed by atoms with van der Waals surface area (Å²) >= 11 is 2.90. The van der Waals surface area contributed by atoms with Crippen LogP contribution >= 0.6 is 13.3 Å². The SMILES string of the molecule is F[P-](F)(F)(F)(F)F.[Ir][PH](C1CCCCC1)(C1CCCCC1)C1CCCCC1. The molecule has 0 aromatic carbocycles. The Morgan fingerprint density at radius 1 is 0.481 bits per heavy atom. The number of hydrogen-bond acceptors (Lipinski definition) is 0. The summed E-state index contributed by atoms with van der Waals surface area (Å²) in [7, 11) is -10.7. The van der Waals surface area contributed by atoms with Gasteiger partial charge in [-0.15, -0.1) is 0 Å². The van der Waals surface area contributed by atoms with Gasteiger partial charge in [-0.25, -0.2) is 0 Å². The number of rotatable bonds is 3. The Balaban J connectivity index is 0.000000321. The summed E-state index contributed by atoms with van der Waals surface area (Å²) in [5.41, 5.74) is 2.58. The van der Waals surface area contributed by atoms with Crippen molar-refractivity contribution in [2.75, 3.05) is 0 Å². The van der Waals surface area contributed by atoms with E-state index in [4.69, 9.17) is 0 Å². The van der Waals surface area contributed by atoms with Gasteiger partial charge >= 0.3 is 170 Å². The molecular formula is C18H34F6IrP2-. The maximum atomic E-state index is 9.87. The van der Waals surface area contributed by atoms with Crippen LogP contribution in [0.2, 0.25) is 0 Å². The summed E-state index contributed by atoms with van der Waals surface area (Å²) in [5.74, 6) is 0. The molecule has 0 atom stereocenters. The van der Waals surface area contributed by atoms with Gasteiger partial charge in [0.15, 0.2) is 0 Å². The van der Waals surface area contributed by atoms with Crippen LogP contribution in [0.25, 0.3) is 0 Å². The van der Waals surface area contributed by atoms with E-state index in [1.165, 1.54) is 36.2 Å². The Morgan fingerprint density at radius 2 is 0.667 bits per heavy atom. The Kier molecular flexibility index (Phi) is 7.83. The zero-order valence-corrected chi connectivity index (χ0v) is 20.2. The van der Waals surface area contributed by atoms with Crippen molar-refractivity contribution < 1.29 is 43.6 Å². The molecule has 3 saturated carbocycles. The van der Waals surface area contributed by atoms with E-state index in [1.807, 2.05) is 0 Å². The molecule has 0 saturated heterocycles. The molecule has 0 bridgehead atoms. The monoisotopic (exact) mass is 619 g/mol. The third kappa shape index (κ3) is 9.18. The van der Waals surface area contributed by atoms with Crippen LogP contribution in [0.15, 0.2) is 0 Å². The molecule has 3 rings (SSSR count). The van der Waals surface area contributed by atoms with Crippen LogP contribution in [-0.4, -0.2) is 17.0 Å². The first kappa shape index (κ1) is 24.4. The van der Waals surface area contributed by atoms with Crippen LogP contribution < -0.4 is 0 Å². The molecule has 0 amide bonds. The summed E-state index contributed by atoms with van der Waals surface area (Å²) < 4.78 is 59.2. The predicted octanol–water partition coefficient (Wildman–Crippen LogP) is 9.58. The van der Waals surface area contributed by atoms with Crippen LogP contribution in [0, 0.1) is 0 Å². The Morgan fingerprint density at radius 3 is 0.852 bits per heavy atom. The van der Waals surface area contributed by atoms with Crippen molar-refractivity contribution in [3.05, 3.63) is 0 Å². The fraction of sp³-hybridized carbons (Fsp3) is 1.00. The standard InChI is InChI=1S/C18H33P.F6P.Ir/c1-4-10-16(11-5-1)19(17-12-6-2-7-13-17)18-14-8-3-9-15-18;1-7(2,3,4,5)6;/h16-18H,1-15H2;;/q;2*-1/p+1. The van der Waals surface area contributed by atoms with Gasteiger partial charge in [-0.05, 0) is 0 Å². The molecule has 168 valence electrons. The minimum absolute atomic E-state index is 1.05. The summed E-state index contributed by atoms with van der Waals surface area (Å²) in [6, 6.07) is 0. The molecule has 3 fully saturated rings. The molecule has 0 aromatic rings. The van der Waals surface area contributed by atoms with Gasteiger partial charge in [-0.2, -0.15) is 0 Å². The van der Waals surface area contributed by atoms with Crippen molar-refractivity contribution >= 4 is 13.3 Å². The van der Waals surface area contributed by atoms with Gasteiger partial charge < -0.3 is 0 Å². The van der Waals surface area contributed by atoms with E-state index in [2.05, 4.69) is 18.4 Å². The molecule has 0 heterocycles. The van der Waals surface area contributed by atoms with Gasteiger partial charge in [-0.3, -0.25) is 0 Å². The van der Waals surface area contributed by atoms with Crippen LogP contribution in [0.5, 0.6) is 0 Å². The molecule has 0 aromatic heterocycles. The second-order valence-electron chi connectivity index (χ2n) is 8.75. The molecule has 0 aliphatic heterocycles. The summed E-state index contributed by atoms with van der Waals surface area (Å²) in [4.78, 5) is 0. The van der Waals surface area contributed by atoms with Gasteiger partial charge in [-0.1, -0.05) is 0 Å². The van der Waals surface area contributed by atoms with E-state index >= 15 is 0 Å². The minimum atomic E-state index is -10.7. The first-order valence-electron chi connectivity index (χ1n) is 10.5. The Labute approximate surface area is 170 Å². The molecule has 9 heteroatoms. The van der Waals surface area contributed by atoms with Gasteiger partial charge in [0.2, 0.25) is 0 Å². The normalized spacial score (nSPS) is 27.9. The third-order valence-electron chi connectivity index (χ3n) is 6.64. The van der Waals surface area contributed by atoms with E-state index in [0.29, 0.717) is 0 Å². The second-order valence-corrected chi connectivity index (χ2v) is 20.9. The molecule has 0 N–H and O–H groups in total. The topological polar surface area (TPSA) is 0 Å². The molecule has 0 radical (unpaired) electrons. The Hall–Kier alpha value is 1.09. The van der Waals surface area contributed by atoms with E-state index in [9.17, 15) is 25.2 Å². The zero-order chi connectivity index (χ0) is 20.2. The van der Waals surface area contributed by atoms with E-state index in [-0.39, 0.29) is 0 Å². The van der Waals surface area contributed by atoms with Crippen molar-refractivity contribution in [3.8, 4) is 0 Å². The quantitative estimate of drug-likeness (QED) is 0.218. The van der Waals surface area contributed by atoms with Crippen molar-refractivity contribution in [3.63, 3.8) is 0 Å². The molecule has 3 aliphatic carbocycles. The maximum absolute atomic E-state index is 10.7. The first-order chi connectivity index (χ1) is 12.3. The van der Waals surface area contributed by atoms with Gasteiger partial charge in [0.1, 0.15) is 0 Å². The molecular weight excluding hydrogens is 584 g/mol. The van der Waals surface area contributed by atoms with E-state index in [1.54, 1.807) is 77.0 Å². The van der Waals surface area contributed by atoms with E-state index in [0.717, 1.165) is 0 Å². The number of hydrogen-bond donors (Lipinski definition) is 0. The Bertz CT molecular complexity index is 406. The third-order valence-corrected chi connectivity index (χ3v) is 20.8. The average molecular weight is 619 g/mol. The number of halogens is 6. The molecule has 3 aliphatic rings. The summed E-state index contributed by atoms with van der Waals surface area (Å²) in [6.45, 7) is 0. The zero-order valence-electron chi connectivity index (χ0n) is 15.9. The van der Waals surface area contributed by atoms with Crippen molar-refractivity contribution in [2.45, 2.75) is 113 Å². The fourth-order valence-electron chi connectivity index (χ4n) is 5.60. The van der Waals surface area contributed by atoms with Crippen molar-refractivity contribution in [1.82, 2.24) is 0 Å². The summed E-state index contributed by atoms with van der Waals surface area (Å²) in [5, 5.41) is 0. The molecule has 0 nitrogen and oxygen atoms in total. The summed E-state index contributed by atoms with van der Waals surface area (Å²) in [6.07, 6.45) is 23.7. The van der Waals surface area contributed by atoms with Crippen molar-refractivity contribution in [2.24, 2.45) is 0 Å². The van der Waals surface area contributed by atoms with Crippen LogP contribution in [0.4, 0.5) is 25.2 Å². The first-order valence-corrected chi connectivity index (χ1v) is 18.2. The van der Waals surface area contributed by atoms with Gasteiger partial charge in [0, 0.05) is 0 Å². The van der Waals surface area contributed by atoms with Gasteiger partial charge in [0.25, 0.3) is 0 Å². The average Bonchev–Trinajstić information content (AvgIpc) is 2.61. The molecule has 0 unspecified atom stereocenters.